The molecule has 1 aromatic rings. The topological polar surface area (TPSA) is 77.1 Å². The van der Waals surface area contributed by atoms with Crippen molar-refractivity contribution >= 4 is 12.0 Å². The van der Waals surface area contributed by atoms with Crippen LogP contribution in [0, 0.1) is 5.92 Å². The number of nitrogens with one attached hydrogen (secondary N) is 1. The van der Waals surface area contributed by atoms with E-state index in [-0.39, 0.29) is 24.5 Å². The van der Waals surface area contributed by atoms with Gasteiger partial charge in [-0.25, -0.2) is 4.79 Å². The molecule has 3 rings (SSSR count). The Balaban J connectivity index is 1.47. The zero-order chi connectivity index (χ0) is 19.4. The SMILES string of the molecule is CC(C)(C)OC(=O)N1CCC[C@@H](CNC(=O)[C@@H]2COc3ccccc3O2)C1. The van der Waals surface area contributed by atoms with Gasteiger partial charge in [0.2, 0.25) is 6.10 Å². The number of carbonyl (C=O) groups is 2. The first-order valence-corrected chi connectivity index (χ1v) is 9.46. The average Bonchev–Trinajstić information content (AvgIpc) is 2.64. The van der Waals surface area contributed by atoms with Gasteiger partial charge in [-0.1, -0.05) is 12.1 Å². The van der Waals surface area contributed by atoms with Gasteiger partial charge in [-0.3, -0.25) is 4.79 Å². The quantitative estimate of drug-likeness (QED) is 0.877. The normalized spacial score (nSPS) is 22.1. The second kappa shape index (κ2) is 8.06. The van der Waals surface area contributed by atoms with Gasteiger partial charge >= 0.3 is 6.09 Å². The zero-order valence-electron chi connectivity index (χ0n) is 16.2. The summed E-state index contributed by atoms with van der Waals surface area (Å²) in [7, 11) is 0. The fourth-order valence-electron chi connectivity index (χ4n) is 3.23. The third kappa shape index (κ3) is 5.28. The third-order valence-corrected chi connectivity index (χ3v) is 4.54. The average molecular weight is 376 g/mol. The Morgan fingerprint density at radius 2 is 2.00 bits per heavy atom. The van der Waals surface area contributed by atoms with E-state index in [0.29, 0.717) is 31.1 Å². The van der Waals surface area contributed by atoms with Crippen molar-refractivity contribution in [2.45, 2.75) is 45.3 Å². The Morgan fingerprint density at radius 1 is 1.26 bits per heavy atom. The predicted molar refractivity (Wildman–Crippen MR) is 99.9 cm³/mol. The summed E-state index contributed by atoms with van der Waals surface area (Å²) in [4.78, 5) is 26.4. The molecule has 0 spiro atoms. The molecule has 0 bridgehead atoms. The van der Waals surface area contributed by atoms with Crippen LogP contribution in [-0.2, 0) is 9.53 Å². The number of nitrogens with zero attached hydrogens (tertiary/aromatic N) is 1. The van der Waals surface area contributed by atoms with Crippen molar-refractivity contribution in [1.82, 2.24) is 10.2 Å². The molecule has 148 valence electrons. The zero-order valence-corrected chi connectivity index (χ0v) is 16.2. The number of para-hydroxylation sites is 2. The van der Waals surface area contributed by atoms with Crippen LogP contribution in [0.1, 0.15) is 33.6 Å². The standard InChI is InChI=1S/C20H28N2O5/c1-20(2,3)27-19(24)22-10-6-7-14(12-22)11-21-18(23)17-13-25-15-8-4-5-9-16(15)26-17/h4-5,8-9,14,17H,6-7,10-13H2,1-3H3,(H,21,23)/t14-,17-/m0/s1. The van der Waals surface area contributed by atoms with E-state index in [2.05, 4.69) is 5.32 Å². The highest BCUT2D eigenvalue weighted by molar-refractivity contribution is 5.81. The molecule has 0 aromatic heterocycles. The number of carbonyl (C=O) groups excluding carboxylic acids is 2. The number of fused-ring (bicyclic) bond motifs is 1. The molecule has 2 aliphatic rings. The summed E-state index contributed by atoms with van der Waals surface area (Å²) in [6, 6.07) is 7.31. The van der Waals surface area contributed by atoms with E-state index >= 15 is 0 Å². The van der Waals surface area contributed by atoms with E-state index in [1.807, 2.05) is 39.0 Å². The maximum absolute atomic E-state index is 12.4. The summed E-state index contributed by atoms with van der Waals surface area (Å²) in [6.07, 6.45) is 0.908. The van der Waals surface area contributed by atoms with Crippen LogP contribution < -0.4 is 14.8 Å². The monoisotopic (exact) mass is 376 g/mol. The van der Waals surface area contributed by atoms with Gasteiger partial charge in [0.15, 0.2) is 11.5 Å². The first kappa shape index (κ1) is 19.3. The maximum Gasteiger partial charge on any atom is 0.410 e. The largest absolute Gasteiger partial charge is 0.485 e. The van der Waals surface area contributed by atoms with Gasteiger partial charge in [0, 0.05) is 19.6 Å². The van der Waals surface area contributed by atoms with E-state index in [1.165, 1.54) is 0 Å². The molecule has 2 heterocycles. The molecule has 1 N–H and O–H groups in total. The number of hydrogen-bond acceptors (Lipinski definition) is 5. The van der Waals surface area contributed by atoms with Gasteiger partial charge in [-0.15, -0.1) is 0 Å². The minimum Gasteiger partial charge on any atom is -0.485 e. The smallest absolute Gasteiger partial charge is 0.410 e. The highest BCUT2D eigenvalue weighted by atomic mass is 16.6. The molecule has 1 fully saturated rings. The molecular formula is C20H28N2O5. The van der Waals surface area contributed by atoms with Gasteiger partial charge in [0.05, 0.1) is 0 Å². The highest BCUT2D eigenvalue weighted by Gasteiger charge is 2.30. The number of benzene rings is 1. The minimum atomic E-state index is -0.662. The number of rotatable bonds is 3. The second-order valence-corrected chi connectivity index (χ2v) is 8.04. The molecule has 7 heteroatoms. The van der Waals surface area contributed by atoms with Crippen LogP contribution in [0.15, 0.2) is 24.3 Å². The van der Waals surface area contributed by atoms with Crippen LogP contribution >= 0.6 is 0 Å². The lowest BCUT2D eigenvalue weighted by Gasteiger charge is -2.34. The molecule has 0 aliphatic carbocycles. The lowest BCUT2D eigenvalue weighted by Crippen LogP contribution is -2.48. The van der Waals surface area contributed by atoms with Crippen LogP contribution in [0.4, 0.5) is 4.79 Å². The van der Waals surface area contributed by atoms with Crippen molar-refractivity contribution in [1.29, 1.82) is 0 Å². The number of ether oxygens (including phenoxy) is 3. The van der Waals surface area contributed by atoms with Crippen molar-refractivity contribution < 1.29 is 23.8 Å². The molecule has 2 aliphatic heterocycles. The minimum absolute atomic E-state index is 0.192. The van der Waals surface area contributed by atoms with Crippen LogP contribution in [0.3, 0.4) is 0 Å². The van der Waals surface area contributed by atoms with Crippen molar-refractivity contribution in [2.75, 3.05) is 26.2 Å². The number of amides is 2. The molecule has 0 radical (unpaired) electrons. The van der Waals surface area contributed by atoms with Crippen molar-refractivity contribution in [3.05, 3.63) is 24.3 Å². The van der Waals surface area contributed by atoms with Crippen molar-refractivity contribution in [2.24, 2.45) is 5.92 Å². The highest BCUT2D eigenvalue weighted by Crippen LogP contribution is 2.30. The van der Waals surface area contributed by atoms with E-state index in [9.17, 15) is 9.59 Å². The van der Waals surface area contributed by atoms with Gasteiger partial charge in [0.25, 0.3) is 5.91 Å². The Kier molecular flexibility index (Phi) is 5.77. The molecule has 0 unspecified atom stereocenters. The van der Waals surface area contributed by atoms with E-state index in [0.717, 1.165) is 12.8 Å². The molecule has 2 amide bonds. The summed E-state index contributed by atoms with van der Waals surface area (Å²) < 4.78 is 16.8. The summed E-state index contributed by atoms with van der Waals surface area (Å²) >= 11 is 0. The molecule has 2 atom stereocenters. The van der Waals surface area contributed by atoms with Crippen LogP contribution in [0.5, 0.6) is 11.5 Å². The number of hydrogen-bond donors (Lipinski definition) is 1. The summed E-state index contributed by atoms with van der Waals surface area (Å²) in [5.41, 5.74) is -0.507. The first-order chi connectivity index (χ1) is 12.8. The Labute approximate surface area is 160 Å². The predicted octanol–water partition coefficient (Wildman–Crippen LogP) is 2.59. The lowest BCUT2D eigenvalue weighted by molar-refractivity contribution is -0.130. The maximum atomic E-state index is 12.4. The van der Waals surface area contributed by atoms with E-state index < -0.39 is 11.7 Å². The summed E-state index contributed by atoms with van der Waals surface area (Å²) in [5, 5.41) is 2.94. The lowest BCUT2D eigenvalue weighted by atomic mass is 9.98. The second-order valence-electron chi connectivity index (χ2n) is 8.04. The number of likely N-dealkylation sites (tertiary alicyclic amines) is 1. The first-order valence-electron chi connectivity index (χ1n) is 9.46. The Morgan fingerprint density at radius 3 is 2.74 bits per heavy atom. The summed E-state index contributed by atoms with van der Waals surface area (Å²) in [5.74, 6) is 1.24. The molecule has 7 nitrogen and oxygen atoms in total. The van der Waals surface area contributed by atoms with Crippen molar-refractivity contribution in [3.8, 4) is 11.5 Å². The van der Waals surface area contributed by atoms with Crippen LogP contribution in [-0.4, -0.2) is 54.8 Å². The van der Waals surface area contributed by atoms with Crippen molar-refractivity contribution in [3.63, 3.8) is 0 Å². The Hall–Kier alpha value is -2.44. The molecule has 1 saturated heterocycles. The summed E-state index contributed by atoms with van der Waals surface area (Å²) in [6.45, 7) is 7.54. The fraction of sp³-hybridized carbons (Fsp3) is 0.600. The molecule has 1 aromatic carbocycles. The van der Waals surface area contributed by atoms with Crippen LogP contribution in [0.2, 0.25) is 0 Å². The molecular weight excluding hydrogens is 348 g/mol. The van der Waals surface area contributed by atoms with Gasteiger partial charge in [-0.05, 0) is 51.7 Å². The molecule has 27 heavy (non-hydrogen) atoms. The van der Waals surface area contributed by atoms with E-state index in [4.69, 9.17) is 14.2 Å². The van der Waals surface area contributed by atoms with Gasteiger partial charge < -0.3 is 24.4 Å². The van der Waals surface area contributed by atoms with Crippen LogP contribution in [0.25, 0.3) is 0 Å². The number of piperidine rings is 1. The van der Waals surface area contributed by atoms with E-state index in [1.54, 1.807) is 11.0 Å². The molecule has 0 saturated carbocycles. The third-order valence-electron chi connectivity index (χ3n) is 4.54. The Bertz CT molecular complexity index is 685. The van der Waals surface area contributed by atoms with Gasteiger partial charge in [0.1, 0.15) is 12.2 Å². The van der Waals surface area contributed by atoms with Gasteiger partial charge in [-0.2, -0.15) is 0 Å². The fourth-order valence-corrected chi connectivity index (χ4v) is 3.23.